The van der Waals surface area contributed by atoms with Crippen molar-refractivity contribution in [3.8, 4) is 0 Å². The average molecular weight is 382 g/mol. The van der Waals surface area contributed by atoms with Gasteiger partial charge in [0.2, 0.25) is 0 Å². The summed E-state index contributed by atoms with van der Waals surface area (Å²) in [6, 6.07) is 15.6. The lowest BCUT2D eigenvalue weighted by atomic mass is 9.97. The molecule has 0 radical (unpaired) electrons. The second-order valence-corrected chi connectivity index (χ2v) is 8.27. The quantitative estimate of drug-likeness (QED) is 0.617. The van der Waals surface area contributed by atoms with Gasteiger partial charge in [-0.3, -0.25) is 4.79 Å². The number of aliphatic hydroxyl groups is 1. The molecule has 3 N–H and O–H groups in total. The molecule has 0 bridgehead atoms. The molecule has 0 spiro atoms. The van der Waals surface area contributed by atoms with Crippen molar-refractivity contribution in [1.82, 2.24) is 9.97 Å². The maximum Gasteiger partial charge on any atom is 0.258 e. The van der Waals surface area contributed by atoms with E-state index in [9.17, 15) is 9.90 Å². The fourth-order valence-electron chi connectivity index (χ4n) is 3.43. The fraction of sp³-hybridized carbons (Fsp3) is 0.333. The molecule has 1 aromatic heterocycles. The number of rotatable bonds is 5. The van der Waals surface area contributed by atoms with Gasteiger partial charge in [0.1, 0.15) is 5.82 Å². The van der Waals surface area contributed by atoms with E-state index in [1.807, 2.05) is 60.3 Å². The first kappa shape index (κ1) is 18.1. The molecule has 5 nitrogen and oxygen atoms in total. The molecule has 1 fully saturated rings. The zero-order valence-corrected chi connectivity index (χ0v) is 15.8. The number of fused-ring (bicyclic) bond motifs is 1. The molecule has 1 saturated carbocycles. The van der Waals surface area contributed by atoms with Crippen LogP contribution in [0.1, 0.15) is 31.5 Å². The van der Waals surface area contributed by atoms with Gasteiger partial charge in [0.25, 0.3) is 5.56 Å². The highest BCUT2D eigenvalue weighted by Crippen LogP contribution is 2.30. The summed E-state index contributed by atoms with van der Waals surface area (Å²) < 4.78 is 0. The molecular weight excluding hydrogens is 358 g/mol. The Morgan fingerprint density at radius 1 is 1.07 bits per heavy atom. The Morgan fingerprint density at radius 2 is 1.85 bits per heavy atom. The first-order valence-electron chi connectivity index (χ1n) is 9.32. The maximum absolute atomic E-state index is 12.4. The van der Waals surface area contributed by atoms with Crippen LogP contribution in [0.4, 0.5) is 11.4 Å². The Morgan fingerprint density at radius 3 is 2.63 bits per heavy atom. The summed E-state index contributed by atoms with van der Waals surface area (Å²) in [4.78, 5) is 20.0. The number of anilines is 2. The number of nitrogens with one attached hydrogen (secondary N) is 2. The molecule has 0 unspecified atom stereocenters. The van der Waals surface area contributed by atoms with Gasteiger partial charge in [0, 0.05) is 16.6 Å². The highest BCUT2D eigenvalue weighted by atomic mass is 32.2. The zero-order valence-electron chi connectivity index (χ0n) is 15.0. The van der Waals surface area contributed by atoms with Crippen LogP contribution in [0.3, 0.4) is 0 Å². The molecular formula is C21H23N3O2S. The van der Waals surface area contributed by atoms with E-state index in [0.717, 1.165) is 37.1 Å². The van der Waals surface area contributed by atoms with Crippen LogP contribution in [0.2, 0.25) is 0 Å². The molecule has 0 amide bonds. The summed E-state index contributed by atoms with van der Waals surface area (Å²) in [5.41, 5.74) is 2.51. The molecule has 140 valence electrons. The Balaban J connectivity index is 1.51. The van der Waals surface area contributed by atoms with E-state index in [0.29, 0.717) is 27.7 Å². The first-order chi connectivity index (χ1) is 13.2. The number of aromatic nitrogens is 2. The van der Waals surface area contributed by atoms with Crippen molar-refractivity contribution in [2.75, 3.05) is 5.32 Å². The van der Waals surface area contributed by atoms with Gasteiger partial charge in [-0.05, 0) is 56.0 Å². The number of thioether (sulfide) groups is 1. The first-order valence-corrected chi connectivity index (χ1v) is 10.4. The Kier molecular flexibility index (Phi) is 5.45. The standard InChI is InChI=1S/C21H23N3O2S/c25-16-7-9-17(10-8-16)27-13-20-23-19-12-15(6-11-18(19)21(26)24-20)22-14-4-2-1-3-5-14/h1-6,11-12,16-17,22,25H,7-10,13H2,(H,23,24,26)/t16-,17-. The van der Waals surface area contributed by atoms with Crippen LogP contribution in [-0.4, -0.2) is 26.4 Å². The molecule has 1 heterocycles. The summed E-state index contributed by atoms with van der Waals surface area (Å²) in [5.74, 6) is 1.39. The van der Waals surface area contributed by atoms with Gasteiger partial charge in [0.05, 0.1) is 22.8 Å². The average Bonchev–Trinajstić information content (AvgIpc) is 2.68. The molecule has 4 rings (SSSR count). The molecule has 0 aliphatic heterocycles. The van der Waals surface area contributed by atoms with Crippen LogP contribution in [-0.2, 0) is 5.75 Å². The van der Waals surface area contributed by atoms with Gasteiger partial charge in [0.15, 0.2) is 0 Å². The highest BCUT2D eigenvalue weighted by molar-refractivity contribution is 7.99. The highest BCUT2D eigenvalue weighted by Gasteiger charge is 2.20. The van der Waals surface area contributed by atoms with E-state index < -0.39 is 0 Å². The summed E-state index contributed by atoms with van der Waals surface area (Å²) >= 11 is 1.82. The van der Waals surface area contributed by atoms with Crippen LogP contribution in [0, 0.1) is 0 Å². The minimum atomic E-state index is -0.143. The van der Waals surface area contributed by atoms with Gasteiger partial charge in [-0.2, -0.15) is 11.8 Å². The van der Waals surface area contributed by atoms with Crippen molar-refractivity contribution in [3.05, 3.63) is 64.7 Å². The van der Waals surface area contributed by atoms with Crippen molar-refractivity contribution in [2.45, 2.75) is 42.8 Å². The molecule has 3 aromatic rings. The minimum absolute atomic E-state index is 0.0964. The zero-order chi connectivity index (χ0) is 18.6. The fourth-order valence-corrected chi connectivity index (χ4v) is 4.57. The molecule has 27 heavy (non-hydrogen) atoms. The van der Waals surface area contributed by atoms with Gasteiger partial charge in [-0.15, -0.1) is 0 Å². The lowest BCUT2D eigenvalue weighted by Gasteiger charge is -2.24. The second kappa shape index (κ2) is 8.15. The summed E-state index contributed by atoms with van der Waals surface area (Å²) in [7, 11) is 0. The molecule has 0 atom stereocenters. The number of aliphatic hydroxyl groups excluding tert-OH is 1. The predicted octanol–water partition coefficient (Wildman–Crippen LogP) is 4.20. The summed E-state index contributed by atoms with van der Waals surface area (Å²) in [5, 5.41) is 14.1. The lowest BCUT2D eigenvalue weighted by Crippen LogP contribution is -2.20. The Bertz CT molecular complexity index is 966. The molecule has 1 aliphatic carbocycles. The molecule has 2 aromatic carbocycles. The van der Waals surface area contributed by atoms with Crippen molar-refractivity contribution in [2.24, 2.45) is 0 Å². The Labute approximate surface area is 162 Å². The summed E-state index contributed by atoms with van der Waals surface area (Å²) in [6.45, 7) is 0. The largest absolute Gasteiger partial charge is 0.393 e. The normalized spacial score (nSPS) is 19.9. The third-order valence-electron chi connectivity index (χ3n) is 4.92. The van der Waals surface area contributed by atoms with E-state index in [1.165, 1.54) is 0 Å². The minimum Gasteiger partial charge on any atom is -0.393 e. The lowest BCUT2D eigenvalue weighted by molar-refractivity contribution is 0.132. The number of nitrogens with zero attached hydrogens (tertiary/aromatic N) is 1. The number of hydrogen-bond donors (Lipinski definition) is 3. The number of aromatic amines is 1. The van der Waals surface area contributed by atoms with Crippen LogP contribution in [0.5, 0.6) is 0 Å². The van der Waals surface area contributed by atoms with Crippen LogP contribution < -0.4 is 10.9 Å². The number of benzene rings is 2. The number of para-hydroxylation sites is 1. The van der Waals surface area contributed by atoms with E-state index >= 15 is 0 Å². The monoisotopic (exact) mass is 381 g/mol. The SMILES string of the molecule is O=c1[nH]c(CS[C@H]2CC[C@H](O)CC2)nc2cc(Nc3ccccc3)ccc12. The molecule has 1 aliphatic rings. The van der Waals surface area contributed by atoms with Gasteiger partial charge < -0.3 is 15.4 Å². The van der Waals surface area contributed by atoms with E-state index in [4.69, 9.17) is 0 Å². The van der Waals surface area contributed by atoms with Crippen molar-refractivity contribution in [1.29, 1.82) is 0 Å². The smallest absolute Gasteiger partial charge is 0.258 e. The van der Waals surface area contributed by atoms with Crippen molar-refractivity contribution >= 4 is 34.0 Å². The van der Waals surface area contributed by atoms with Gasteiger partial charge in [-0.1, -0.05) is 18.2 Å². The van der Waals surface area contributed by atoms with Crippen LogP contribution >= 0.6 is 11.8 Å². The maximum atomic E-state index is 12.4. The topological polar surface area (TPSA) is 78.0 Å². The molecule has 0 saturated heterocycles. The van der Waals surface area contributed by atoms with Crippen LogP contribution in [0.15, 0.2) is 53.3 Å². The Hall–Kier alpha value is -2.31. The number of H-pyrrole nitrogens is 1. The number of hydrogen-bond acceptors (Lipinski definition) is 5. The third kappa shape index (κ3) is 4.51. The van der Waals surface area contributed by atoms with Crippen molar-refractivity contribution < 1.29 is 5.11 Å². The second-order valence-electron chi connectivity index (χ2n) is 6.98. The van der Waals surface area contributed by atoms with Gasteiger partial charge >= 0.3 is 0 Å². The van der Waals surface area contributed by atoms with Crippen molar-refractivity contribution in [3.63, 3.8) is 0 Å². The van der Waals surface area contributed by atoms with Crippen LogP contribution in [0.25, 0.3) is 10.9 Å². The van der Waals surface area contributed by atoms with Gasteiger partial charge in [-0.25, -0.2) is 4.98 Å². The van der Waals surface area contributed by atoms with E-state index in [1.54, 1.807) is 0 Å². The third-order valence-corrected chi connectivity index (χ3v) is 6.30. The summed E-state index contributed by atoms with van der Waals surface area (Å²) in [6.07, 6.45) is 3.64. The van der Waals surface area contributed by atoms with E-state index in [-0.39, 0.29) is 11.7 Å². The molecule has 6 heteroatoms. The predicted molar refractivity (Wildman–Crippen MR) is 112 cm³/mol. The van der Waals surface area contributed by atoms with E-state index in [2.05, 4.69) is 15.3 Å².